The summed E-state index contributed by atoms with van der Waals surface area (Å²) >= 11 is 0. The van der Waals surface area contributed by atoms with Gasteiger partial charge in [0.2, 0.25) is 0 Å². The average Bonchev–Trinajstić information content (AvgIpc) is 2.56. The minimum absolute atomic E-state index is 0.0715. The number of nitrogens with one attached hydrogen (secondary N) is 1. The highest BCUT2D eigenvalue weighted by Crippen LogP contribution is 2.17. The van der Waals surface area contributed by atoms with Gasteiger partial charge >= 0.3 is 0 Å². The smallest absolute Gasteiger partial charge is 0.251 e. The topological polar surface area (TPSA) is 55.4 Å². The second-order valence-electron chi connectivity index (χ2n) is 6.32. The van der Waals surface area contributed by atoms with E-state index in [0.717, 1.165) is 19.3 Å². The van der Waals surface area contributed by atoms with Gasteiger partial charge in [0.1, 0.15) is 12.4 Å². The second kappa shape index (κ2) is 10.6. The molecule has 0 aromatic heterocycles. The van der Waals surface area contributed by atoms with E-state index < -0.39 is 0 Å². The van der Waals surface area contributed by atoms with Gasteiger partial charge in [0.25, 0.3) is 5.91 Å². The van der Waals surface area contributed by atoms with Crippen LogP contribution in [0.2, 0.25) is 0 Å². The summed E-state index contributed by atoms with van der Waals surface area (Å²) < 4.78 is 5.51. The van der Waals surface area contributed by atoms with Crippen molar-refractivity contribution in [2.45, 2.75) is 52.5 Å². The van der Waals surface area contributed by atoms with Crippen LogP contribution in [0.5, 0.6) is 5.75 Å². The van der Waals surface area contributed by atoms with E-state index in [1.807, 2.05) is 19.9 Å². The van der Waals surface area contributed by atoms with Gasteiger partial charge in [0, 0.05) is 18.0 Å². The molecule has 4 nitrogen and oxygen atoms in total. The molecule has 0 radical (unpaired) electrons. The molecule has 0 spiro atoms. The van der Waals surface area contributed by atoms with Crippen molar-refractivity contribution in [2.24, 2.45) is 5.92 Å². The lowest BCUT2D eigenvalue weighted by Crippen LogP contribution is -2.29. The maximum atomic E-state index is 11.9. The number of hydrogen-bond donors (Lipinski definition) is 1. The summed E-state index contributed by atoms with van der Waals surface area (Å²) in [5.74, 6) is 1.10. The first-order valence-electron chi connectivity index (χ1n) is 8.62. The molecular weight excluding hydrogens is 302 g/mol. The van der Waals surface area contributed by atoms with Crippen LogP contribution in [0.15, 0.2) is 36.9 Å². The summed E-state index contributed by atoms with van der Waals surface area (Å²) in [6.07, 6.45) is 5.32. The van der Waals surface area contributed by atoms with Crippen LogP contribution in [-0.4, -0.2) is 24.3 Å². The maximum Gasteiger partial charge on any atom is 0.251 e. The Morgan fingerprint density at radius 2 is 1.92 bits per heavy atom. The van der Waals surface area contributed by atoms with E-state index in [1.54, 1.807) is 24.3 Å². The summed E-state index contributed by atoms with van der Waals surface area (Å²) in [5.41, 5.74) is 0.581. The first-order chi connectivity index (χ1) is 11.5. The van der Waals surface area contributed by atoms with Gasteiger partial charge in [-0.15, -0.1) is 6.58 Å². The molecule has 4 heteroatoms. The highest BCUT2D eigenvalue weighted by atomic mass is 16.5. The van der Waals surface area contributed by atoms with Crippen molar-refractivity contribution in [3.05, 3.63) is 42.5 Å². The third kappa shape index (κ3) is 7.44. The van der Waals surface area contributed by atoms with E-state index in [0.29, 0.717) is 23.7 Å². The van der Waals surface area contributed by atoms with Crippen molar-refractivity contribution in [1.82, 2.24) is 5.32 Å². The van der Waals surface area contributed by atoms with Crippen molar-refractivity contribution in [2.75, 3.05) is 6.61 Å². The molecule has 24 heavy (non-hydrogen) atoms. The minimum atomic E-state index is -0.111. The molecule has 0 aliphatic rings. The quantitative estimate of drug-likeness (QED) is 0.620. The highest BCUT2D eigenvalue weighted by molar-refractivity contribution is 5.94. The fourth-order valence-electron chi connectivity index (χ4n) is 2.37. The van der Waals surface area contributed by atoms with Gasteiger partial charge < -0.3 is 10.1 Å². The Morgan fingerprint density at radius 1 is 1.25 bits per heavy atom. The number of Topliss-reactive ketones (excluding diaryl/α,β-unsaturated/α-hetero) is 1. The molecule has 0 saturated carbocycles. The van der Waals surface area contributed by atoms with Gasteiger partial charge in [-0.2, -0.15) is 0 Å². The van der Waals surface area contributed by atoms with Gasteiger partial charge in [-0.3, -0.25) is 9.59 Å². The summed E-state index contributed by atoms with van der Waals surface area (Å²) in [6.45, 7) is 9.78. The molecule has 0 saturated heterocycles. The van der Waals surface area contributed by atoms with Crippen LogP contribution in [0.3, 0.4) is 0 Å². The van der Waals surface area contributed by atoms with Gasteiger partial charge in [-0.1, -0.05) is 19.4 Å². The van der Waals surface area contributed by atoms with Gasteiger partial charge in [0.05, 0.1) is 0 Å². The van der Waals surface area contributed by atoms with Crippen molar-refractivity contribution in [1.29, 1.82) is 0 Å². The zero-order chi connectivity index (χ0) is 17.9. The SMILES string of the molecule is C=CCC(CC)CCC(=O)COc1ccc(C(=O)NC(C)C)cc1. The average molecular weight is 331 g/mol. The van der Waals surface area contributed by atoms with Crippen LogP contribution in [0.1, 0.15) is 56.8 Å². The first-order valence-corrected chi connectivity index (χ1v) is 8.62. The number of benzene rings is 1. The molecule has 1 rings (SSSR count). The van der Waals surface area contributed by atoms with Crippen molar-refractivity contribution < 1.29 is 14.3 Å². The lowest BCUT2D eigenvalue weighted by Gasteiger charge is -2.12. The third-order valence-corrected chi connectivity index (χ3v) is 3.84. The number of allylic oxidation sites excluding steroid dienone is 1. The number of hydrogen-bond acceptors (Lipinski definition) is 3. The van der Waals surface area contributed by atoms with Crippen LogP contribution in [0.25, 0.3) is 0 Å². The number of carbonyl (C=O) groups excluding carboxylic acids is 2. The van der Waals surface area contributed by atoms with Crippen molar-refractivity contribution >= 4 is 11.7 Å². The van der Waals surface area contributed by atoms with Crippen LogP contribution < -0.4 is 10.1 Å². The summed E-state index contributed by atoms with van der Waals surface area (Å²) in [4.78, 5) is 23.8. The predicted molar refractivity (Wildman–Crippen MR) is 97.4 cm³/mol. The minimum Gasteiger partial charge on any atom is -0.486 e. The van der Waals surface area contributed by atoms with E-state index in [9.17, 15) is 9.59 Å². The number of ether oxygens (including phenoxy) is 1. The maximum absolute atomic E-state index is 11.9. The van der Waals surface area contributed by atoms with Crippen LogP contribution in [-0.2, 0) is 4.79 Å². The zero-order valence-corrected chi connectivity index (χ0v) is 15.0. The zero-order valence-electron chi connectivity index (χ0n) is 15.0. The number of carbonyl (C=O) groups is 2. The fourth-order valence-corrected chi connectivity index (χ4v) is 2.37. The largest absolute Gasteiger partial charge is 0.486 e. The fraction of sp³-hybridized carbons (Fsp3) is 0.500. The highest BCUT2D eigenvalue weighted by Gasteiger charge is 2.10. The molecule has 1 unspecified atom stereocenters. The lowest BCUT2D eigenvalue weighted by molar-refractivity contribution is -0.121. The normalized spacial score (nSPS) is 11.8. The van der Waals surface area contributed by atoms with Crippen LogP contribution in [0.4, 0.5) is 0 Å². The number of amides is 1. The molecular formula is C20H29NO3. The van der Waals surface area contributed by atoms with Crippen molar-refractivity contribution in [3.8, 4) is 5.75 Å². The summed E-state index contributed by atoms with van der Waals surface area (Å²) in [6, 6.07) is 6.94. The molecule has 0 heterocycles. The Morgan fingerprint density at radius 3 is 2.46 bits per heavy atom. The van der Waals surface area contributed by atoms with Gasteiger partial charge in [-0.05, 0) is 56.9 Å². The van der Waals surface area contributed by atoms with E-state index in [4.69, 9.17) is 4.74 Å². The first kappa shape index (κ1) is 19.9. The Kier molecular flexibility index (Phi) is 8.84. The molecule has 132 valence electrons. The van der Waals surface area contributed by atoms with Gasteiger partial charge in [-0.25, -0.2) is 0 Å². The Bertz CT molecular complexity index is 534. The Balaban J connectivity index is 2.40. The third-order valence-electron chi connectivity index (χ3n) is 3.84. The second-order valence-corrected chi connectivity index (χ2v) is 6.32. The molecule has 0 aliphatic carbocycles. The monoisotopic (exact) mass is 331 g/mol. The van der Waals surface area contributed by atoms with Crippen LogP contribution in [0, 0.1) is 5.92 Å². The molecule has 0 bridgehead atoms. The Hall–Kier alpha value is -2.10. The molecule has 1 aromatic carbocycles. The molecule has 0 aliphatic heterocycles. The summed E-state index contributed by atoms with van der Waals surface area (Å²) in [5, 5.41) is 2.83. The van der Waals surface area contributed by atoms with E-state index in [2.05, 4.69) is 18.8 Å². The Labute approximate surface area is 145 Å². The van der Waals surface area contributed by atoms with E-state index >= 15 is 0 Å². The molecule has 0 fully saturated rings. The molecule has 1 amide bonds. The van der Waals surface area contributed by atoms with Crippen molar-refractivity contribution in [3.63, 3.8) is 0 Å². The lowest BCUT2D eigenvalue weighted by atomic mass is 9.96. The molecule has 1 aromatic rings. The van der Waals surface area contributed by atoms with Gasteiger partial charge in [0.15, 0.2) is 5.78 Å². The number of ketones is 1. The molecule has 1 N–H and O–H groups in total. The van der Waals surface area contributed by atoms with E-state index in [-0.39, 0.29) is 24.3 Å². The summed E-state index contributed by atoms with van der Waals surface area (Å²) in [7, 11) is 0. The predicted octanol–water partition coefficient (Wildman–Crippen LogP) is 4.16. The van der Waals surface area contributed by atoms with Crippen LogP contribution >= 0.6 is 0 Å². The standard InChI is InChI=1S/C20H29NO3/c1-5-7-16(6-2)8-11-18(22)14-24-19-12-9-17(10-13-19)20(23)21-15(3)4/h5,9-10,12-13,15-16H,1,6-8,11,14H2,2-4H3,(H,21,23). The van der Waals surface area contributed by atoms with E-state index in [1.165, 1.54) is 0 Å². The molecule has 1 atom stereocenters. The number of rotatable bonds is 11.